The van der Waals surface area contributed by atoms with Crippen LogP contribution in [0.3, 0.4) is 0 Å². The molecule has 0 saturated heterocycles. The summed E-state index contributed by atoms with van der Waals surface area (Å²) in [5.74, 6) is 0. The summed E-state index contributed by atoms with van der Waals surface area (Å²) in [4.78, 5) is 20.0. The molecule has 2 aromatic heterocycles. The Morgan fingerprint density at radius 2 is 2.12 bits per heavy atom. The van der Waals surface area contributed by atoms with Gasteiger partial charge in [0.05, 0.1) is 18.4 Å². The van der Waals surface area contributed by atoms with Crippen LogP contribution in [0, 0.1) is 0 Å². The fraction of sp³-hybridized carbons (Fsp3) is 0.500. The molecule has 2 aromatic rings. The average molecular weight is 242 g/mol. The molecule has 0 bridgehead atoms. The van der Waals surface area contributed by atoms with E-state index in [-0.39, 0.29) is 5.65 Å². The molecule has 0 aliphatic rings. The van der Waals surface area contributed by atoms with Crippen molar-refractivity contribution in [1.82, 2.24) is 19.1 Å². The number of hydrogen-bond acceptors (Lipinski definition) is 3. The van der Waals surface area contributed by atoms with Crippen LogP contribution in [0.15, 0.2) is 11.0 Å². The van der Waals surface area contributed by atoms with Crippen molar-refractivity contribution in [2.45, 2.75) is 26.3 Å². The highest BCUT2D eigenvalue weighted by Gasteiger charge is 2.16. The fourth-order valence-electron chi connectivity index (χ4n) is 1.66. The average Bonchev–Trinajstić information content (AvgIpc) is 2.53. The molecule has 92 valence electrons. The van der Waals surface area contributed by atoms with Gasteiger partial charge in [-0.2, -0.15) is 0 Å². The maximum Gasteiger partial charge on any atom is 0.331 e. The Kier molecular flexibility index (Phi) is 2.91. The molecular formula is C10H12F2N4O. The van der Waals surface area contributed by atoms with E-state index in [1.165, 1.54) is 11.6 Å². The van der Waals surface area contributed by atoms with Crippen molar-refractivity contribution >= 4 is 11.3 Å². The lowest BCUT2D eigenvalue weighted by atomic mass is 10.3. The first kappa shape index (κ1) is 11.7. The molecule has 0 aliphatic carbocycles. The first-order chi connectivity index (χ1) is 8.04. The van der Waals surface area contributed by atoms with E-state index in [1.807, 2.05) is 6.92 Å². The zero-order chi connectivity index (χ0) is 12.6. The number of aromatic nitrogens is 4. The van der Waals surface area contributed by atoms with E-state index in [4.69, 9.17) is 0 Å². The van der Waals surface area contributed by atoms with Gasteiger partial charge >= 0.3 is 5.69 Å². The molecule has 0 spiro atoms. The largest absolute Gasteiger partial charge is 0.331 e. The van der Waals surface area contributed by atoms with Crippen LogP contribution < -0.4 is 5.69 Å². The number of aryl methyl sites for hydroxylation is 2. The molecule has 2 heterocycles. The van der Waals surface area contributed by atoms with E-state index in [0.29, 0.717) is 17.8 Å². The number of alkyl halides is 2. The van der Waals surface area contributed by atoms with E-state index < -0.39 is 18.7 Å². The molecule has 0 N–H and O–H groups in total. The van der Waals surface area contributed by atoms with Crippen molar-refractivity contribution in [2.24, 2.45) is 7.05 Å². The zero-order valence-electron chi connectivity index (χ0n) is 9.52. The second-order valence-electron chi connectivity index (χ2n) is 3.71. The third-order valence-corrected chi connectivity index (χ3v) is 2.56. The topological polar surface area (TPSA) is 52.7 Å². The molecule has 7 heteroatoms. The third kappa shape index (κ3) is 1.92. The van der Waals surface area contributed by atoms with Crippen LogP contribution in [0.2, 0.25) is 0 Å². The lowest BCUT2D eigenvalue weighted by Crippen LogP contribution is -2.25. The Labute approximate surface area is 95.7 Å². The van der Waals surface area contributed by atoms with E-state index in [1.54, 1.807) is 6.20 Å². The van der Waals surface area contributed by atoms with Crippen LogP contribution in [0.5, 0.6) is 0 Å². The lowest BCUT2D eigenvalue weighted by Gasteiger charge is -2.01. The molecule has 0 unspecified atom stereocenters. The van der Waals surface area contributed by atoms with Gasteiger partial charge in [0.15, 0.2) is 11.3 Å². The minimum Gasteiger partial charge on any atom is -0.278 e. The summed E-state index contributed by atoms with van der Waals surface area (Å²) in [5, 5.41) is 0. The Hall–Kier alpha value is -1.79. The Morgan fingerprint density at radius 1 is 1.41 bits per heavy atom. The summed E-state index contributed by atoms with van der Waals surface area (Å²) in [5.41, 5.74) is 0.699. The van der Waals surface area contributed by atoms with Crippen molar-refractivity contribution in [3.8, 4) is 0 Å². The number of hydrogen-bond donors (Lipinski definition) is 0. The molecule has 5 nitrogen and oxygen atoms in total. The number of halogens is 2. The molecule has 0 radical (unpaired) electrons. The van der Waals surface area contributed by atoms with Gasteiger partial charge < -0.3 is 0 Å². The maximum atomic E-state index is 12.4. The predicted octanol–water partition coefficient (Wildman–Crippen LogP) is 0.957. The van der Waals surface area contributed by atoms with Crippen LogP contribution in [0.1, 0.15) is 12.6 Å². The normalized spacial score (nSPS) is 11.6. The Balaban J connectivity index is 2.71. The second-order valence-corrected chi connectivity index (χ2v) is 3.71. The Bertz CT molecular complexity index is 602. The van der Waals surface area contributed by atoms with Crippen molar-refractivity contribution in [3.63, 3.8) is 0 Å². The summed E-state index contributed by atoms with van der Waals surface area (Å²) in [7, 11) is 1.49. The van der Waals surface area contributed by atoms with Gasteiger partial charge in [0, 0.05) is 7.05 Å². The molecule has 0 amide bonds. The highest BCUT2D eigenvalue weighted by molar-refractivity contribution is 5.66. The van der Waals surface area contributed by atoms with Crippen molar-refractivity contribution in [1.29, 1.82) is 0 Å². The van der Waals surface area contributed by atoms with Gasteiger partial charge in [0.1, 0.15) is 0 Å². The first-order valence-electron chi connectivity index (χ1n) is 5.24. The predicted molar refractivity (Wildman–Crippen MR) is 58.2 cm³/mol. The summed E-state index contributed by atoms with van der Waals surface area (Å²) in [6.45, 7) is 1.23. The fourth-order valence-corrected chi connectivity index (χ4v) is 1.66. The summed E-state index contributed by atoms with van der Waals surface area (Å²) < 4.78 is 27.0. The molecule has 0 atom stereocenters. The highest BCUT2D eigenvalue weighted by Crippen LogP contribution is 2.09. The minimum atomic E-state index is -2.59. The summed E-state index contributed by atoms with van der Waals surface area (Å²) in [6.07, 6.45) is -0.403. The third-order valence-electron chi connectivity index (χ3n) is 2.56. The number of rotatable bonds is 3. The van der Waals surface area contributed by atoms with Crippen LogP contribution in [0.4, 0.5) is 8.78 Å². The van der Waals surface area contributed by atoms with Crippen LogP contribution >= 0.6 is 0 Å². The number of fused-ring (bicyclic) bond motifs is 1. The molecule has 0 fully saturated rings. The van der Waals surface area contributed by atoms with E-state index in [9.17, 15) is 13.6 Å². The van der Waals surface area contributed by atoms with Crippen LogP contribution in [-0.4, -0.2) is 25.5 Å². The molecule has 2 rings (SSSR count). The van der Waals surface area contributed by atoms with Gasteiger partial charge in [-0.3, -0.25) is 9.13 Å². The highest BCUT2D eigenvalue weighted by atomic mass is 19.3. The van der Waals surface area contributed by atoms with E-state index in [2.05, 4.69) is 9.97 Å². The standard InChI is InChI=1S/C10H12F2N4O/c1-3-6-4-13-8-9(14-6)16(5-7(11)12)10(17)15(8)2/h4,7H,3,5H2,1-2H3. The van der Waals surface area contributed by atoms with Gasteiger partial charge in [-0.25, -0.2) is 23.5 Å². The SMILES string of the molecule is CCc1cnc2c(n1)n(CC(F)F)c(=O)n2C. The zero-order valence-corrected chi connectivity index (χ0v) is 9.52. The quantitative estimate of drug-likeness (QED) is 0.805. The van der Waals surface area contributed by atoms with Crippen molar-refractivity contribution in [2.75, 3.05) is 0 Å². The van der Waals surface area contributed by atoms with Gasteiger partial charge in [-0.1, -0.05) is 6.92 Å². The summed E-state index contributed by atoms with van der Waals surface area (Å²) in [6, 6.07) is 0. The van der Waals surface area contributed by atoms with Gasteiger partial charge in [-0.05, 0) is 6.42 Å². The molecule has 0 saturated carbocycles. The van der Waals surface area contributed by atoms with Gasteiger partial charge in [-0.15, -0.1) is 0 Å². The van der Waals surface area contributed by atoms with Crippen LogP contribution in [-0.2, 0) is 20.0 Å². The monoisotopic (exact) mass is 242 g/mol. The molecule has 0 aromatic carbocycles. The maximum absolute atomic E-state index is 12.4. The van der Waals surface area contributed by atoms with Gasteiger partial charge in [0.2, 0.25) is 0 Å². The first-order valence-corrected chi connectivity index (χ1v) is 5.24. The lowest BCUT2D eigenvalue weighted by molar-refractivity contribution is 0.126. The minimum absolute atomic E-state index is 0.220. The Morgan fingerprint density at radius 3 is 2.71 bits per heavy atom. The van der Waals surface area contributed by atoms with E-state index in [0.717, 1.165) is 4.57 Å². The van der Waals surface area contributed by atoms with Crippen molar-refractivity contribution in [3.05, 3.63) is 22.4 Å². The second kappa shape index (κ2) is 4.23. The number of nitrogens with zero attached hydrogens (tertiary/aromatic N) is 4. The molecule has 0 aliphatic heterocycles. The van der Waals surface area contributed by atoms with Crippen LogP contribution in [0.25, 0.3) is 11.3 Å². The number of imidazole rings is 1. The van der Waals surface area contributed by atoms with Crippen molar-refractivity contribution < 1.29 is 8.78 Å². The molecular weight excluding hydrogens is 230 g/mol. The summed E-state index contributed by atoms with van der Waals surface area (Å²) >= 11 is 0. The van der Waals surface area contributed by atoms with E-state index >= 15 is 0 Å². The van der Waals surface area contributed by atoms with Gasteiger partial charge in [0.25, 0.3) is 6.43 Å². The molecule has 17 heavy (non-hydrogen) atoms. The smallest absolute Gasteiger partial charge is 0.278 e.